The molecule has 1 atom stereocenters. The highest BCUT2D eigenvalue weighted by Gasteiger charge is 2.19. The minimum Gasteiger partial charge on any atom is -0.493 e. The molecule has 0 unspecified atom stereocenters. The summed E-state index contributed by atoms with van der Waals surface area (Å²) in [5, 5.41) is 12.3. The number of methoxy groups -OCH3 is 1. The summed E-state index contributed by atoms with van der Waals surface area (Å²) in [6, 6.07) is 5.05. The van der Waals surface area contributed by atoms with E-state index in [1.807, 2.05) is 39.0 Å². The number of hydrogen-bond donors (Lipinski definition) is 2. The van der Waals surface area contributed by atoms with Crippen molar-refractivity contribution in [3.8, 4) is 11.5 Å². The number of carbonyl (C=O) groups is 1. The van der Waals surface area contributed by atoms with Gasteiger partial charge in [0.15, 0.2) is 11.5 Å². The van der Waals surface area contributed by atoms with E-state index in [1.165, 1.54) is 0 Å². The lowest BCUT2D eigenvalue weighted by atomic mass is 10.0. The first-order valence-electron chi connectivity index (χ1n) is 7.24. The molecule has 0 fully saturated rings. The molecule has 1 aromatic carbocycles. The summed E-state index contributed by atoms with van der Waals surface area (Å²) >= 11 is 0. The molecule has 0 bridgehead atoms. The van der Waals surface area contributed by atoms with Crippen LogP contribution in [0, 0.1) is 5.92 Å². The van der Waals surface area contributed by atoms with Crippen molar-refractivity contribution in [3.05, 3.63) is 23.8 Å². The van der Waals surface area contributed by atoms with Gasteiger partial charge in [0.25, 0.3) is 0 Å². The molecule has 0 saturated carbocycles. The van der Waals surface area contributed by atoms with Gasteiger partial charge in [0.05, 0.1) is 13.7 Å². The Hall–Kier alpha value is -1.75. The lowest BCUT2D eigenvalue weighted by molar-refractivity contribution is -0.140. The molecule has 5 heteroatoms. The van der Waals surface area contributed by atoms with Crippen LogP contribution in [0.2, 0.25) is 0 Å². The lowest BCUT2D eigenvalue weighted by Gasteiger charge is -2.19. The predicted molar refractivity (Wildman–Crippen MR) is 81.9 cm³/mol. The molecule has 1 aromatic rings. The fourth-order valence-corrected chi connectivity index (χ4v) is 2.15. The van der Waals surface area contributed by atoms with Crippen LogP contribution in [0.1, 0.15) is 32.8 Å². The average Bonchev–Trinajstić information content (AvgIpc) is 2.44. The predicted octanol–water partition coefficient (Wildman–Crippen LogP) is 2.68. The van der Waals surface area contributed by atoms with E-state index in [9.17, 15) is 9.90 Å². The third-order valence-electron chi connectivity index (χ3n) is 3.11. The van der Waals surface area contributed by atoms with E-state index in [2.05, 4.69) is 5.32 Å². The number of para-hydroxylation sites is 1. The SMILES string of the molecule is CCOc1c(CN[C@@H](CC(C)C)C(=O)O)cccc1OC. The molecule has 21 heavy (non-hydrogen) atoms. The monoisotopic (exact) mass is 295 g/mol. The molecule has 0 spiro atoms. The zero-order chi connectivity index (χ0) is 15.8. The van der Waals surface area contributed by atoms with Gasteiger partial charge in [-0.3, -0.25) is 4.79 Å². The van der Waals surface area contributed by atoms with Gasteiger partial charge >= 0.3 is 5.97 Å². The van der Waals surface area contributed by atoms with Crippen molar-refractivity contribution in [2.24, 2.45) is 5.92 Å². The number of nitrogens with one attached hydrogen (secondary N) is 1. The standard InChI is InChI=1S/C16H25NO4/c1-5-21-15-12(7-6-8-14(15)20-4)10-17-13(16(18)19)9-11(2)3/h6-8,11,13,17H,5,9-10H2,1-4H3,(H,18,19)/t13-/m0/s1. The van der Waals surface area contributed by atoms with Gasteiger partial charge in [-0.25, -0.2) is 0 Å². The van der Waals surface area contributed by atoms with E-state index < -0.39 is 12.0 Å². The van der Waals surface area contributed by atoms with Crippen LogP contribution in [0.4, 0.5) is 0 Å². The summed E-state index contributed by atoms with van der Waals surface area (Å²) in [4.78, 5) is 11.3. The van der Waals surface area contributed by atoms with Crippen LogP contribution < -0.4 is 14.8 Å². The van der Waals surface area contributed by atoms with Crippen molar-refractivity contribution in [2.45, 2.75) is 39.8 Å². The Balaban J connectivity index is 2.84. The largest absolute Gasteiger partial charge is 0.493 e. The lowest BCUT2D eigenvalue weighted by Crippen LogP contribution is -2.37. The van der Waals surface area contributed by atoms with Crippen LogP contribution in [-0.2, 0) is 11.3 Å². The third kappa shape index (κ3) is 5.27. The first-order chi connectivity index (χ1) is 9.99. The first-order valence-corrected chi connectivity index (χ1v) is 7.24. The Morgan fingerprint density at radius 1 is 1.38 bits per heavy atom. The number of aliphatic carboxylic acids is 1. The maximum atomic E-state index is 11.3. The molecule has 0 heterocycles. The molecule has 0 aliphatic rings. The summed E-state index contributed by atoms with van der Waals surface area (Å²) in [6.45, 7) is 6.88. The summed E-state index contributed by atoms with van der Waals surface area (Å²) < 4.78 is 10.9. The second-order valence-corrected chi connectivity index (χ2v) is 5.28. The Bertz CT molecular complexity index is 460. The van der Waals surface area contributed by atoms with Gasteiger partial charge in [0, 0.05) is 12.1 Å². The van der Waals surface area contributed by atoms with Crippen LogP contribution in [-0.4, -0.2) is 30.8 Å². The van der Waals surface area contributed by atoms with E-state index in [4.69, 9.17) is 9.47 Å². The number of hydrogen-bond acceptors (Lipinski definition) is 4. The molecular formula is C16H25NO4. The summed E-state index contributed by atoms with van der Waals surface area (Å²) in [6.07, 6.45) is 0.587. The summed E-state index contributed by atoms with van der Waals surface area (Å²) in [5.74, 6) is 0.815. The van der Waals surface area contributed by atoms with E-state index >= 15 is 0 Å². The first kappa shape index (κ1) is 17.3. The maximum absolute atomic E-state index is 11.3. The molecule has 2 N–H and O–H groups in total. The maximum Gasteiger partial charge on any atom is 0.320 e. The molecule has 0 aromatic heterocycles. The molecule has 0 radical (unpaired) electrons. The molecule has 0 aliphatic heterocycles. The summed E-state index contributed by atoms with van der Waals surface area (Å²) in [5.41, 5.74) is 0.895. The molecule has 118 valence electrons. The quantitative estimate of drug-likeness (QED) is 0.733. The van der Waals surface area contributed by atoms with E-state index in [0.717, 1.165) is 5.56 Å². The highest BCUT2D eigenvalue weighted by Crippen LogP contribution is 2.31. The number of carboxylic acids is 1. The zero-order valence-corrected chi connectivity index (χ0v) is 13.2. The van der Waals surface area contributed by atoms with Crippen LogP contribution >= 0.6 is 0 Å². The highest BCUT2D eigenvalue weighted by atomic mass is 16.5. The summed E-state index contributed by atoms with van der Waals surface area (Å²) in [7, 11) is 1.59. The second kappa shape index (κ2) is 8.52. The molecule has 0 aliphatic carbocycles. The van der Waals surface area contributed by atoms with Gasteiger partial charge in [-0.15, -0.1) is 0 Å². The van der Waals surface area contributed by atoms with Crippen molar-refractivity contribution < 1.29 is 19.4 Å². The zero-order valence-electron chi connectivity index (χ0n) is 13.2. The Morgan fingerprint density at radius 3 is 2.62 bits per heavy atom. The molecule has 0 saturated heterocycles. The average molecular weight is 295 g/mol. The van der Waals surface area contributed by atoms with Crippen LogP contribution in [0.5, 0.6) is 11.5 Å². The van der Waals surface area contributed by atoms with Gasteiger partial charge in [0.2, 0.25) is 0 Å². The van der Waals surface area contributed by atoms with Crippen molar-refractivity contribution in [2.75, 3.05) is 13.7 Å². The van der Waals surface area contributed by atoms with Gasteiger partial charge in [-0.05, 0) is 25.3 Å². The van der Waals surface area contributed by atoms with Crippen molar-refractivity contribution in [1.82, 2.24) is 5.32 Å². The molecule has 0 amide bonds. The second-order valence-electron chi connectivity index (χ2n) is 5.28. The highest BCUT2D eigenvalue weighted by molar-refractivity contribution is 5.73. The van der Waals surface area contributed by atoms with E-state index in [1.54, 1.807) is 7.11 Å². The minimum absolute atomic E-state index is 0.315. The number of benzene rings is 1. The fourth-order valence-electron chi connectivity index (χ4n) is 2.15. The third-order valence-corrected chi connectivity index (χ3v) is 3.11. The number of rotatable bonds is 9. The van der Waals surface area contributed by atoms with Crippen molar-refractivity contribution in [3.63, 3.8) is 0 Å². The molecular weight excluding hydrogens is 270 g/mol. The van der Waals surface area contributed by atoms with Crippen molar-refractivity contribution >= 4 is 5.97 Å². The Morgan fingerprint density at radius 2 is 2.10 bits per heavy atom. The smallest absolute Gasteiger partial charge is 0.320 e. The molecule has 1 rings (SSSR count). The van der Waals surface area contributed by atoms with Gasteiger partial charge in [-0.1, -0.05) is 26.0 Å². The number of carboxylic acid groups (broad SMARTS) is 1. The van der Waals surface area contributed by atoms with E-state index in [0.29, 0.717) is 37.0 Å². The van der Waals surface area contributed by atoms with Crippen molar-refractivity contribution in [1.29, 1.82) is 0 Å². The van der Waals surface area contributed by atoms with Crippen LogP contribution in [0.15, 0.2) is 18.2 Å². The van der Waals surface area contributed by atoms with E-state index in [-0.39, 0.29) is 0 Å². The minimum atomic E-state index is -0.829. The van der Waals surface area contributed by atoms with Gasteiger partial charge < -0.3 is 19.9 Å². The number of ether oxygens (including phenoxy) is 2. The normalized spacial score (nSPS) is 12.2. The van der Waals surface area contributed by atoms with Crippen LogP contribution in [0.25, 0.3) is 0 Å². The van der Waals surface area contributed by atoms with Crippen LogP contribution in [0.3, 0.4) is 0 Å². The fraction of sp³-hybridized carbons (Fsp3) is 0.562. The van der Waals surface area contributed by atoms with Gasteiger partial charge in [-0.2, -0.15) is 0 Å². The Kier molecular flexibility index (Phi) is 7.02. The Labute approximate surface area is 126 Å². The molecule has 5 nitrogen and oxygen atoms in total. The van der Waals surface area contributed by atoms with Gasteiger partial charge in [0.1, 0.15) is 6.04 Å². The topological polar surface area (TPSA) is 67.8 Å².